The largest absolute Gasteiger partial charge is 0.336 e. The number of amides is 2. The number of carbonyl (C=O) groups excluding carboxylic acids is 2. The number of nitrogens with one attached hydrogen (secondary N) is 1. The molecule has 1 saturated heterocycles. The van der Waals surface area contributed by atoms with Crippen LogP contribution in [0.25, 0.3) is 0 Å². The summed E-state index contributed by atoms with van der Waals surface area (Å²) >= 11 is 0. The summed E-state index contributed by atoms with van der Waals surface area (Å²) in [4.78, 5) is 32.9. The molecule has 6 nitrogen and oxygen atoms in total. The summed E-state index contributed by atoms with van der Waals surface area (Å²) in [6, 6.07) is 7.84. The van der Waals surface area contributed by atoms with Gasteiger partial charge in [-0.3, -0.25) is 9.59 Å². The number of benzene rings is 1. The Bertz CT molecular complexity index is 894. The van der Waals surface area contributed by atoms with Gasteiger partial charge in [0.15, 0.2) is 11.5 Å². The van der Waals surface area contributed by atoms with Gasteiger partial charge in [0.2, 0.25) is 0 Å². The van der Waals surface area contributed by atoms with Crippen molar-refractivity contribution in [3.63, 3.8) is 0 Å². The molecule has 154 valence electrons. The molecule has 2 aromatic rings. The van der Waals surface area contributed by atoms with E-state index in [9.17, 15) is 9.59 Å². The minimum atomic E-state index is -0.216. The van der Waals surface area contributed by atoms with Crippen molar-refractivity contribution in [3.8, 4) is 0 Å². The standard InChI is InChI=1S/C23H30N4O2/c1-2-17-11-5-6-12-18(17)24-22(28)20-19-13-7-10-16-27(19)21(25-20)23(29)26-14-8-3-4-9-15-26/h5-6,11-12H,2-4,7-10,13-16H2,1H3,(H,24,28). The van der Waals surface area contributed by atoms with Crippen LogP contribution < -0.4 is 5.32 Å². The lowest BCUT2D eigenvalue weighted by molar-refractivity contribution is 0.0743. The van der Waals surface area contributed by atoms with Gasteiger partial charge in [-0.2, -0.15) is 0 Å². The fourth-order valence-electron chi connectivity index (χ4n) is 4.44. The Morgan fingerprint density at radius 1 is 1.00 bits per heavy atom. The second-order valence-electron chi connectivity index (χ2n) is 8.01. The molecule has 2 aliphatic rings. The molecule has 0 bridgehead atoms. The molecule has 0 spiro atoms. The fourth-order valence-corrected chi connectivity index (χ4v) is 4.44. The zero-order chi connectivity index (χ0) is 20.2. The van der Waals surface area contributed by atoms with Gasteiger partial charge < -0.3 is 14.8 Å². The fraction of sp³-hybridized carbons (Fsp3) is 0.522. The highest BCUT2D eigenvalue weighted by Gasteiger charge is 2.30. The van der Waals surface area contributed by atoms with Crippen molar-refractivity contribution in [2.24, 2.45) is 0 Å². The minimum Gasteiger partial charge on any atom is -0.336 e. The quantitative estimate of drug-likeness (QED) is 0.851. The van der Waals surface area contributed by atoms with Gasteiger partial charge in [0, 0.05) is 25.3 Å². The molecular weight excluding hydrogens is 364 g/mol. The van der Waals surface area contributed by atoms with Crippen LogP contribution in [0.4, 0.5) is 5.69 Å². The Hall–Kier alpha value is -2.63. The molecule has 0 aliphatic carbocycles. The number of aryl methyl sites for hydroxylation is 1. The molecule has 4 rings (SSSR count). The summed E-state index contributed by atoms with van der Waals surface area (Å²) in [6.45, 7) is 4.40. The summed E-state index contributed by atoms with van der Waals surface area (Å²) < 4.78 is 2.00. The highest BCUT2D eigenvalue weighted by atomic mass is 16.2. The van der Waals surface area contributed by atoms with Gasteiger partial charge >= 0.3 is 0 Å². The number of anilines is 1. The number of hydrogen-bond donors (Lipinski definition) is 1. The molecule has 0 saturated carbocycles. The predicted octanol–water partition coefficient (Wildman–Crippen LogP) is 4.05. The van der Waals surface area contributed by atoms with Gasteiger partial charge in [0.25, 0.3) is 11.8 Å². The molecule has 1 aromatic heterocycles. The molecule has 1 N–H and O–H groups in total. The maximum absolute atomic E-state index is 13.2. The monoisotopic (exact) mass is 394 g/mol. The number of likely N-dealkylation sites (tertiary alicyclic amines) is 1. The van der Waals surface area contributed by atoms with Crippen LogP contribution in [0.5, 0.6) is 0 Å². The summed E-state index contributed by atoms with van der Waals surface area (Å²) in [7, 11) is 0. The van der Waals surface area contributed by atoms with E-state index in [0.717, 1.165) is 75.1 Å². The summed E-state index contributed by atoms with van der Waals surface area (Å²) in [6.07, 6.45) is 8.11. The summed E-state index contributed by atoms with van der Waals surface area (Å²) in [5.74, 6) is 0.199. The zero-order valence-corrected chi connectivity index (χ0v) is 17.2. The first kappa shape index (κ1) is 19.7. The Morgan fingerprint density at radius 2 is 1.72 bits per heavy atom. The van der Waals surface area contributed by atoms with Crippen molar-refractivity contribution >= 4 is 17.5 Å². The predicted molar refractivity (Wildman–Crippen MR) is 113 cm³/mol. The summed E-state index contributed by atoms with van der Waals surface area (Å²) in [5.41, 5.74) is 3.22. The lowest BCUT2D eigenvalue weighted by Gasteiger charge is -2.22. The van der Waals surface area contributed by atoms with Gasteiger partial charge in [0.05, 0.1) is 5.69 Å². The van der Waals surface area contributed by atoms with E-state index < -0.39 is 0 Å². The minimum absolute atomic E-state index is 0.0249. The van der Waals surface area contributed by atoms with E-state index in [0.29, 0.717) is 11.5 Å². The van der Waals surface area contributed by atoms with E-state index in [2.05, 4.69) is 17.2 Å². The van der Waals surface area contributed by atoms with Gasteiger partial charge in [-0.15, -0.1) is 0 Å². The molecule has 29 heavy (non-hydrogen) atoms. The number of aromatic nitrogens is 2. The Labute approximate surface area is 172 Å². The number of imidazole rings is 1. The zero-order valence-electron chi connectivity index (χ0n) is 17.2. The topological polar surface area (TPSA) is 67.2 Å². The van der Waals surface area contributed by atoms with Crippen molar-refractivity contribution in [2.45, 2.75) is 64.8 Å². The maximum Gasteiger partial charge on any atom is 0.289 e. The van der Waals surface area contributed by atoms with Crippen molar-refractivity contribution in [1.29, 1.82) is 0 Å². The molecule has 0 unspecified atom stereocenters. The second-order valence-corrected chi connectivity index (χ2v) is 8.01. The van der Waals surface area contributed by atoms with Crippen molar-refractivity contribution in [3.05, 3.63) is 47.0 Å². The molecule has 0 atom stereocenters. The van der Waals surface area contributed by atoms with Crippen LogP contribution >= 0.6 is 0 Å². The smallest absolute Gasteiger partial charge is 0.289 e. The average Bonchev–Trinajstić information content (AvgIpc) is 2.93. The van der Waals surface area contributed by atoms with Crippen molar-refractivity contribution < 1.29 is 9.59 Å². The van der Waals surface area contributed by atoms with Crippen molar-refractivity contribution in [2.75, 3.05) is 18.4 Å². The van der Waals surface area contributed by atoms with Gasteiger partial charge in [-0.25, -0.2) is 4.98 Å². The van der Waals surface area contributed by atoms with Gasteiger partial charge in [-0.1, -0.05) is 38.0 Å². The lowest BCUT2D eigenvalue weighted by Crippen LogP contribution is -2.34. The normalized spacial score (nSPS) is 16.8. The molecule has 0 radical (unpaired) electrons. The van der Waals surface area contributed by atoms with Crippen LogP contribution in [-0.2, 0) is 19.4 Å². The van der Waals surface area contributed by atoms with Crippen LogP contribution in [0.15, 0.2) is 24.3 Å². The van der Waals surface area contributed by atoms with E-state index in [-0.39, 0.29) is 11.8 Å². The van der Waals surface area contributed by atoms with Crippen LogP contribution in [0.1, 0.15) is 77.8 Å². The molecule has 2 amide bonds. The van der Waals surface area contributed by atoms with E-state index in [1.807, 2.05) is 33.7 Å². The first-order chi connectivity index (χ1) is 14.2. The molecule has 3 heterocycles. The molecular formula is C23H30N4O2. The number of nitrogens with zero attached hydrogens (tertiary/aromatic N) is 3. The lowest BCUT2D eigenvalue weighted by atomic mass is 10.1. The highest BCUT2D eigenvalue weighted by Crippen LogP contribution is 2.24. The number of carbonyl (C=O) groups is 2. The number of fused-ring (bicyclic) bond motifs is 1. The van der Waals surface area contributed by atoms with Crippen LogP contribution in [0.2, 0.25) is 0 Å². The molecule has 1 aromatic carbocycles. The molecule has 6 heteroatoms. The van der Waals surface area contributed by atoms with E-state index in [4.69, 9.17) is 0 Å². The van der Waals surface area contributed by atoms with Gasteiger partial charge in [-0.05, 0) is 50.2 Å². The average molecular weight is 395 g/mol. The SMILES string of the molecule is CCc1ccccc1NC(=O)c1nc(C(=O)N2CCCCCC2)n2c1CCCC2. The molecule has 2 aliphatic heterocycles. The van der Waals surface area contributed by atoms with E-state index in [1.165, 1.54) is 12.8 Å². The number of hydrogen-bond acceptors (Lipinski definition) is 3. The third kappa shape index (κ3) is 4.07. The van der Waals surface area contributed by atoms with Crippen LogP contribution in [0, 0.1) is 0 Å². The third-order valence-electron chi connectivity index (χ3n) is 6.06. The second kappa shape index (κ2) is 8.80. The Balaban J connectivity index is 1.64. The Kier molecular flexibility index (Phi) is 5.97. The summed E-state index contributed by atoms with van der Waals surface area (Å²) in [5, 5.41) is 3.03. The van der Waals surface area contributed by atoms with Gasteiger partial charge in [0.1, 0.15) is 0 Å². The first-order valence-electron chi connectivity index (χ1n) is 11.0. The van der Waals surface area contributed by atoms with Crippen molar-refractivity contribution in [1.82, 2.24) is 14.5 Å². The highest BCUT2D eigenvalue weighted by molar-refractivity contribution is 6.05. The maximum atomic E-state index is 13.2. The van der Waals surface area contributed by atoms with Crippen LogP contribution in [-0.4, -0.2) is 39.4 Å². The van der Waals surface area contributed by atoms with E-state index in [1.54, 1.807) is 0 Å². The number of rotatable bonds is 4. The third-order valence-corrected chi connectivity index (χ3v) is 6.06. The number of para-hydroxylation sites is 1. The first-order valence-corrected chi connectivity index (χ1v) is 11.0. The molecule has 1 fully saturated rings. The van der Waals surface area contributed by atoms with E-state index >= 15 is 0 Å². The Morgan fingerprint density at radius 3 is 2.48 bits per heavy atom. The van der Waals surface area contributed by atoms with Crippen LogP contribution in [0.3, 0.4) is 0 Å².